The molecule has 0 saturated carbocycles. The zero-order chi connectivity index (χ0) is 14.4. The maximum absolute atomic E-state index is 5.95. The SMILES string of the molecule is CC(C)CCNc1ccnc(Nc2cccc(Cl)c2)n1. The van der Waals surface area contributed by atoms with Crippen molar-refractivity contribution in [2.24, 2.45) is 5.92 Å². The van der Waals surface area contributed by atoms with E-state index in [2.05, 4.69) is 34.4 Å². The van der Waals surface area contributed by atoms with Gasteiger partial charge in [0.1, 0.15) is 5.82 Å². The third-order valence-electron chi connectivity index (χ3n) is 2.76. The van der Waals surface area contributed by atoms with Crippen LogP contribution in [0.5, 0.6) is 0 Å². The van der Waals surface area contributed by atoms with Crippen molar-refractivity contribution in [1.82, 2.24) is 9.97 Å². The highest BCUT2D eigenvalue weighted by Gasteiger charge is 2.01. The Morgan fingerprint density at radius 2 is 2.10 bits per heavy atom. The first kappa shape index (κ1) is 14.6. The van der Waals surface area contributed by atoms with E-state index >= 15 is 0 Å². The van der Waals surface area contributed by atoms with Crippen LogP contribution in [0.3, 0.4) is 0 Å². The molecular formula is C15H19ClN4. The molecule has 0 atom stereocenters. The van der Waals surface area contributed by atoms with Gasteiger partial charge in [-0.15, -0.1) is 0 Å². The summed E-state index contributed by atoms with van der Waals surface area (Å²) >= 11 is 5.95. The summed E-state index contributed by atoms with van der Waals surface area (Å²) in [6.07, 6.45) is 2.85. The average molecular weight is 291 g/mol. The monoisotopic (exact) mass is 290 g/mol. The van der Waals surface area contributed by atoms with Gasteiger partial charge < -0.3 is 10.6 Å². The van der Waals surface area contributed by atoms with Crippen LogP contribution in [0.25, 0.3) is 0 Å². The molecule has 0 radical (unpaired) electrons. The third kappa shape index (κ3) is 4.70. The summed E-state index contributed by atoms with van der Waals surface area (Å²) in [7, 11) is 0. The van der Waals surface area contributed by atoms with Gasteiger partial charge >= 0.3 is 0 Å². The van der Waals surface area contributed by atoms with E-state index in [1.807, 2.05) is 30.3 Å². The number of halogens is 1. The predicted octanol–water partition coefficient (Wildman–Crippen LogP) is 4.33. The van der Waals surface area contributed by atoms with Gasteiger partial charge in [-0.2, -0.15) is 4.98 Å². The second kappa shape index (κ2) is 7.10. The molecule has 1 aromatic carbocycles. The minimum atomic E-state index is 0.557. The van der Waals surface area contributed by atoms with Crippen LogP contribution in [0.2, 0.25) is 5.02 Å². The number of aromatic nitrogens is 2. The van der Waals surface area contributed by atoms with Crippen molar-refractivity contribution < 1.29 is 0 Å². The van der Waals surface area contributed by atoms with Crippen molar-refractivity contribution in [1.29, 1.82) is 0 Å². The van der Waals surface area contributed by atoms with Crippen LogP contribution in [-0.2, 0) is 0 Å². The van der Waals surface area contributed by atoms with Crippen LogP contribution in [0.4, 0.5) is 17.5 Å². The molecule has 0 saturated heterocycles. The summed E-state index contributed by atoms with van der Waals surface area (Å²) in [5, 5.41) is 7.12. The Labute approximate surface area is 124 Å². The Balaban J connectivity index is 1.99. The van der Waals surface area contributed by atoms with Crippen molar-refractivity contribution in [2.45, 2.75) is 20.3 Å². The van der Waals surface area contributed by atoms with Crippen LogP contribution in [0.15, 0.2) is 36.5 Å². The molecule has 0 bridgehead atoms. The van der Waals surface area contributed by atoms with Gasteiger partial charge in [-0.3, -0.25) is 0 Å². The summed E-state index contributed by atoms with van der Waals surface area (Å²) < 4.78 is 0. The molecule has 106 valence electrons. The van der Waals surface area contributed by atoms with Gasteiger partial charge in [-0.05, 0) is 36.6 Å². The van der Waals surface area contributed by atoms with E-state index in [1.165, 1.54) is 0 Å². The lowest BCUT2D eigenvalue weighted by Gasteiger charge is -2.09. The van der Waals surface area contributed by atoms with Gasteiger partial charge in [-0.1, -0.05) is 31.5 Å². The van der Waals surface area contributed by atoms with E-state index in [0.29, 0.717) is 16.9 Å². The van der Waals surface area contributed by atoms with E-state index in [9.17, 15) is 0 Å². The molecular weight excluding hydrogens is 272 g/mol. The van der Waals surface area contributed by atoms with Crippen LogP contribution in [0, 0.1) is 5.92 Å². The molecule has 0 aliphatic heterocycles. The average Bonchev–Trinajstić information content (AvgIpc) is 2.39. The second-order valence-corrected chi connectivity index (χ2v) is 5.45. The smallest absolute Gasteiger partial charge is 0.229 e. The standard InChI is InChI=1S/C15H19ClN4/c1-11(2)6-8-17-14-7-9-18-15(20-14)19-13-5-3-4-12(16)10-13/h3-5,7,9-11H,6,8H2,1-2H3,(H2,17,18,19,20). The van der Waals surface area contributed by atoms with E-state index < -0.39 is 0 Å². The fraction of sp³-hybridized carbons (Fsp3) is 0.333. The molecule has 20 heavy (non-hydrogen) atoms. The van der Waals surface area contributed by atoms with E-state index in [4.69, 9.17) is 11.6 Å². The maximum atomic E-state index is 5.95. The molecule has 1 aromatic heterocycles. The first-order valence-electron chi connectivity index (χ1n) is 6.73. The quantitative estimate of drug-likeness (QED) is 0.831. The fourth-order valence-corrected chi connectivity index (χ4v) is 1.89. The number of nitrogens with zero attached hydrogens (tertiary/aromatic N) is 2. The molecule has 0 unspecified atom stereocenters. The Hall–Kier alpha value is -1.81. The maximum Gasteiger partial charge on any atom is 0.229 e. The van der Waals surface area contributed by atoms with Gasteiger partial charge in [0, 0.05) is 23.5 Å². The minimum Gasteiger partial charge on any atom is -0.370 e. The lowest BCUT2D eigenvalue weighted by molar-refractivity contribution is 0.606. The van der Waals surface area contributed by atoms with Gasteiger partial charge in [0.05, 0.1) is 0 Å². The Morgan fingerprint density at radius 3 is 2.85 bits per heavy atom. The van der Waals surface area contributed by atoms with E-state index in [-0.39, 0.29) is 0 Å². The molecule has 5 heteroatoms. The molecule has 2 aromatic rings. The highest BCUT2D eigenvalue weighted by molar-refractivity contribution is 6.30. The Kier molecular flexibility index (Phi) is 5.18. The van der Waals surface area contributed by atoms with Gasteiger partial charge in [0.15, 0.2) is 0 Å². The highest BCUT2D eigenvalue weighted by atomic mass is 35.5. The molecule has 1 heterocycles. The zero-order valence-electron chi connectivity index (χ0n) is 11.7. The molecule has 0 spiro atoms. The van der Waals surface area contributed by atoms with Crippen molar-refractivity contribution in [3.8, 4) is 0 Å². The Bertz CT molecular complexity index is 557. The summed E-state index contributed by atoms with van der Waals surface area (Å²) in [5.74, 6) is 2.06. The Morgan fingerprint density at radius 1 is 1.25 bits per heavy atom. The summed E-state index contributed by atoms with van der Waals surface area (Å²) in [5.41, 5.74) is 0.872. The molecule has 2 rings (SSSR count). The van der Waals surface area contributed by atoms with E-state index in [1.54, 1.807) is 6.20 Å². The van der Waals surface area contributed by atoms with Crippen LogP contribution >= 0.6 is 11.6 Å². The number of rotatable bonds is 6. The third-order valence-corrected chi connectivity index (χ3v) is 3.00. The molecule has 0 aliphatic carbocycles. The lowest BCUT2D eigenvalue weighted by Crippen LogP contribution is -2.07. The van der Waals surface area contributed by atoms with E-state index in [0.717, 1.165) is 24.5 Å². The molecule has 4 nitrogen and oxygen atoms in total. The zero-order valence-corrected chi connectivity index (χ0v) is 12.5. The first-order chi connectivity index (χ1) is 9.63. The lowest BCUT2D eigenvalue weighted by atomic mass is 10.1. The van der Waals surface area contributed by atoms with Crippen molar-refractivity contribution in [3.63, 3.8) is 0 Å². The van der Waals surface area contributed by atoms with Gasteiger partial charge in [-0.25, -0.2) is 4.98 Å². The van der Waals surface area contributed by atoms with Crippen LogP contribution in [0.1, 0.15) is 20.3 Å². The predicted molar refractivity (Wildman–Crippen MR) is 84.7 cm³/mol. The molecule has 0 aliphatic rings. The van der Waals surface area contributed by atoms with Crippen molar-refractivity contribution in [3.05, 3.63) is 41.6 Å². The first-order valence-corrected chi connectivity index (χ1v) is 7.11. The number of hydrogen-bond acceptors (Lipinski definition) is 4. The molecule has 0 fully saturated rings. The topological polar surface area (TPSA) is 49.8 Å². The number of hydrogen-bond donors (Lipinski definition) is 2. The van der Waals surface area contributed by atoms with Crippen molar-refractivity contribution in [2.75, 3.05) is 17.2 Å². The number of benzene rings is 1. The number of anilines is 3. The fourth-order valence-electron chi connectivity index (χ4n) is 1.70. The molecule has 0 amide bonds. The van der Waals surface area contributed by atoms with Crippen LogP contribution in [-0.4, -0.2) is 16.5 Å². The summed E-state index contributed by atoms with van der Waals surface area (Å²) in [6, 6.07) is 9.34. The summed E-state index contributed by atoms with van der Waals surface area (Å²) in [4.78, 5) is 8.62. The minimum absolute atomic E-state index is 0.557. The normalized spacial score (nSPS) is 10.6. The number of nitrogens with one attached hydrogen (secondary N) is 2. The molecule has 2 N–H and O–H groups in total. The van der Waals surface area contributed by atoms with Crippen LogP contribution < -0.4 is 10.6 Å². The van der Waals surface area contributed by atoms with Gasteiger partial charge in [0.25, 0.3) is 0 Å². The van der Waals surface area contributed by atoms with Crippen molar-refractivity contribution >= 4 is 29.1 Å². The summed E-state index contributed by atoms with van der Waals surface area (Å²) in [6.45, 7) is 5.31. The largest absolute Gasteiger partial charge is 0.370 e. The second-order valence-electron chi connectivity index (χ2n) is 5.01. The van der Waals surface area contributed by atoms with Gasteiger partial charge in [0.2, 0.25) is 5.95 Å². The highest BCUT2D eigenvalue weighted by Crippen LogP contribution is 2.18.